The van der Waals surface area contributed by atoms with Crippen LogP contribution in [-0.2, 0) is 22.4 Å². The molecule has 3 saturated heterocycles. The van der Waals surface area contributed by atoms with Crippen LogP contribution >= 0.6 is 19.8 Å². The van der Waals surface area contributed by atoms with E-state index >= 15 is 0 Å². The minimum absolute atomic E-state index is 0.00576. The van der Waals surface area contributed by atoms with Crippen LogP contribution in [0.2, 0.25) is 0 Å². The third-order valence-corrected chi connectivity index (χ3v) is 21.9. The molecule has 4 aromatic rings. The molecule has 0 bridgehead atoms. The number of nitrogens with zero attached hydrogens (tertiary/aromatic N) is 2. The Morgan fingerprint density at radius 3 is 2.47 bits per heavy atom. The van der Waals surface area contributed by atoms with Gasteiger partial charge >= 0.3 is 278 Å². The van der Waals surface area contributed by atoms with Crippen molar-refractivity contribution < 1.29 is 19.5 Å². The number of Topliss-reactive ketones (excluding diaryl/α,β-unsaturated/α-hetero) is 1. The van der Waals surface area contributed by atoms with Gasteiger partial charge in [-0.1, -0.05) is 0 Å². The zero-order valence-electron chi connectivity index (χ0n) is 32.8. The number of halogens is 1. The number of piperidine rings is 1. The molecule has 1 saturated carbocycles. The molecule has 2 aliphatic carbocycles. The molecule has 4 aromatic carbocycles. The van der Waals surface area contributed by atoms with E-state index < -0.39 is 25.7 Å². The van der Waals surface area contributed by atoms with Gasteiger partial charge in [-0.2, -0.15) is 0 Å². The molecule has 296 valence electrons. The fourth-order valence-corrected chi connectivity index (χ4v) is 18.8. The number of alkyl halides is 2. The van der Waals surface area contributed by atoms with E-state index in [1.165, 1.54) is 68.2 Å². The second-order valence-electron chi connectivity index (χ2n) is 18.1. The van der Waals surface area contributed by atoms with Crippen molar-refractivity contribution in [1.29, 1.82) is 0 Å². The van der Waals surface area contributed by atoms with Crippen LogP contribution in [0.1, 0.15) is 101 Å². The second-order valence-corrected chi connectivity index (χ2v) is 23.4. The van der Waals surface area contributed by atoms with Crippen LogP contribution in [-0.4, -0.2) is 68.7 Å². The van der Waals surface area contributed by atoms with E-state index in [4.69, 9.17) is 0 Å². The van der Waals surface area contributed by atoms with Crippen molar-refractivity contribution in [2.75, 3.05) is 39.9 Å². The van der Waals surface area contributed by atoms with Crippen molar-refractivity contribution >= 4 is 43.1 Å². The van der Waals surface area contributed by atoms with Crippen molar-refractivity contribution in [1.82, 2.24) is 10.2 Å². The number of hydrogen-bond acceptors (Lipinski definition) is 6. The van der Waals surface area contributed by atoms with Gasteiger partial charge in [-0.25, -0.2) is 0 Å². The van der Waals surface area contributed by atoms with Crippen molar-refractivity contribution in [2.45, 2.75) is 82.1 Å². The Hall–Kier alpha value is -4.02. The summed E-state index contributed by atoms with van der Waals surface area (Å²) in [5, 5.41) is 12.6. The van der Waals surface area contributed by atoms with Crippen LogP contribution in [0.15, 0.2) is 91.0 Å². The molecule has 4 aliphatic heterocycles. The summed E-state index contributed by atoms with van der Waals surface area (Å²) in [6.07, 6.45) is 9.32. The summed E-state index contributed by atoms with van der Waals surface area (Å²) in [4.78, 5) is 42.3. The molecule has 10 rings (SSSR count). The summed E-state index contributed by atoms with van der Waals surface area (Å²) < 4.78 is 4.63. The molecule has 6 aliphatic rings. The fraction of sp³-hybridized carbons (Fsp3) is 0.449. The number of imide groups is 1. The first-order chi connectivity index (χ1) is 27.8. The second kappa shape index (κ2) is 15.3. The first kappa shape index (κ1) is 37.3. The number of hydrogen-bond donors (Lipinski definition) is 2. The molecule has 2 N–H and O–H groups in total. The first-order valence-electron chi connectivity index (χ1n) is 21.3. The number of piperazine rings is 1. The zero-order chi connectivity index (χ0) is 38.7. The molecule has 2 amide bonds. The molecule has 4 fully saturated rings. The molecule has 7 nitrogen and oxygen atoms in total. The molecule has 1 unspecified atom stereocenters. The van der Waals surface area contributed by atoms with Crippen molar-refractivity contribution in [2.24, 2.45) is 17.3 Å². The quantitative estimate of drug-likeness (QED) is 0.0800. The zero-order valence-corrected chi connectivity index (χ0v) is 35.0. The topological polar surface area (TPSA) is 90.0 Å². The Kier molecular flexibility index (Phi) is 10.00. The van der Waals surface area contributed by atoms with Gasteiger partial charge < -0.3 is 0 Å². The number of phenols is 1. The largest absolute Gasteiger partial charge is 0.296 e. The van der Waals surface area contributed by atoms with Crippen molar-refractivity contribution in [3.63, 3.8) is 0 Å². The number of phenolic OH excluding ortho intramolecular Hbond substituents is 1. The van der Waals surface area contributed by atoms with E-state index in [0.717, 1.165) is 51.2 Å². The number of anilines is 1. The van der Waals surface area contributed by atoms with Crippen LogP contribution in [0.4, 0.5) is 5.69 Å². The Balaban J connectivity index is 0.732. The molecular weight excluding hydrogens is 821 g/mol. The number of fused-ring (bicyclic) bond motifs is 4. The monoisotopic (exact) mass is 875 g/mol. The van der Waals surface area contributed by atoms with Crippen LogP contribution in [0.3, 0.4) is 0 Å². The number of benzene rings is 4. The number of nitrogens with one attached hydrogen (secondary N) is 1. The Labute approximate surface area is 344 Å². The predicted octanol–water partition coefficient (Wildman–Crippen LogP) is 8.49. The molecule has 57 heavy (non-hydrogen) atoms. The molecule has 5 atom stereocenters. The third kappa shape index (κ3) is 7.34. The minimum atomic E-state index is -1.15. The van der Waals surface area contributed by atoms with Gasteiger partial charge in [0.05, 0.1) is 0 Å². The summed E-state index contributed by atoms with van der Waals surface area (Å²) in [7, 11) is 0. The standard InChI is InChI=1S/C49H54IN3O4/c54-41-15-17-43-35(25-41)9-16-42(33-4-2-1-3-5-33)47(43)34-6-12-39(13-7-34)50-30-49(31-50)21-20-32(27-49)28-52-22-23-53-40(29-52)14-8-36-24-37(10-18-44(36)53)45(55)26-38-11-19-46(56)51-48(38)57/h1-7,10,12-13,15,17-18,24-25,32,38,40,42,47,54H,8-9,11,14,16,19-23,26-31H2,(H,51,56,57)/t32?,38-,40+,42-,47+/m1/s1. The van der Waals surface area contributed by atoms with E-state index in [9.17, 15) is 19.5 Å². The first-order valence-corrected chi connectivity index (χ1v) is 25.5. The predicted molar refractivity (Wildman–Crippen MR) is 233 cm³/mol. The number of carbonyl (C=O) groups excluding carboxylic acids is 3. The minimum Gasteiger partial charge on any atom is -0.296 e. The van der Waals surface area contributed by atoms with E-state index in [1.54, 1.807) is 3.57 Å². The van der Waals surface area contributed by atoms with Gasteiger partial charge in [0.15, 0.2) is 5.78 Å². The summed E-state index contributed by atoms with van der Waals surface area (Å²) in [6.45, 7) is 4.49. The molecule has 0 aromatic heterocycles. The Morgan fingerprint density at radius 1 is 0.825 bits per heavy atom. The van der Waals surface area contributed by atoms with E-state index in [-0.39, 0.29) is 24.0 Å². The fourth-order valence-electron chi connectivity index (χ4n) is 11.5. The van der Waals surface area contributed by atoms with Crippen LogP contribution in [0, 0.1) is 20.8 Å². The number of carbonyl (C=O) groups is 3. The SMILES string of the molecule is O=C1CC[C@H](CC(=O)c2ccc3c(c2)CC[C@H]2CN(CC4CCC5(C4)CI(c4ccc([C@@H]6c7ccc(O)cc7CC[C@@H]6c6ccccc6)cc4)C5)CCN32)C(=O)N1. The molecule has 1 spiro atoms. The van der Waals surface area contributed by atoms with Gasteiger partial charge in [-0.3, -0.25) is 19.7 Å². The number of rotatable bonds is 8. The third-order valence-electron chi connectivity index (χ3n) is 14.4. The van der Waals surface area contributed by atoms with Gasteiger partial charge in [0.25, 0.3) is 0 Å². The summed E-state index contributed by atoms with van der Waals surface area (Å²) in [6, 6.07) is 33.6. The van der Waals surface area contributed by atoms with Crippen LogP contribution < -0.4 is 10.2 Å². The van der Waals surface area contributed by atoms with E-state index in [0.29, 0.717) is 47.4 Å². The molecule has 8 heteroatoms. The molecule has 4 heterocycles. The maximum Gasteiger partial charge on any atom is 0.230 e. The summed E-state index contributed by atoms with van der Waals surface area (Å²) in [5.41, 5.74) is 9.31. The summed E-state index contributed by atoms with van der Waals surface area (Å²) >= 11 is -1.15. The van der Waals surface area contributed by atoms with Crippen molar-refractivity contribution in [3.05, 3.63) is 128 Å². The van der Waals surface area contributed by atoms with Gasteiger partial charge in [-0.15, -0.1) is 0 Å². The normalized spacial score (nSPS) is 27.3. The Morgan fingerprint density at radius 2 is 1.65 bits per heavy atom. The number of ketones is 1. The maximum atomic E-state index is 13.1. The average molecular weight is 876 g/mol. The summed E-state index contributed by atoms with van der Waals surface area (Å²) in [5.74, 6) is 0.964. The number of aryl methyl sites for hydroxylation is 2. The van der Waals surface area contributed by atoms with Gasteiger partial charge in [0.2, 0.25) is 11.8 Å². The smallest absolute Gasteiger partial charge is 0.230 e. The maximum absolute atomic E-state index is 13.1. The van der Waals surface area contributed by atoms with Crippen LogP contribution in [0.25, 0.3) is 0 Å². The average Bonchev–Trinajstić information content (AvgIpc) is 3.65. The Bertz CT molecular complexity index is 2180. The van der Waals surface area contributed by atoms with E-state index in [2.05, 4.69) is 87.9 Å². The number of aromatic hydroxyl groups is 1. The molecule has 0 radical (unpaired) electrons. The van der Waals surface area contributed by atoms with Crippen molar-refractivity contribution in [3.8, 4) is 5.75 Å². The van der Waals surface area contributed by atoms with E-state index in [1.807, 2.05) is 18.2 Å². The molecular formula is C49H54IN3O4. The number of amides is 2. The van der Waals surface area contributed by atoms with Gasteiger partial charge in [-0.05, 0) is 6.42 Å². The van der Waals surface area contributed by atoms with Gasteiger partial charge in [0.1, 0.15) is 0 Å². The van der Waals surface area contributed by atoms with Gasteiger partial charge in [0, 0.05) is 24.3 Å². The van der Waals surface area contributed by atoms with Crippen LogP contribution in [0.5, 0.6) is 5.75 Å².